The Labute approximate surface area is 161 Å². The topological polar surface area (TPSA) is 67.2 Å². The molecule has 6 heteroatoms. The number of nitrogens with one attached hydrogen (secondary N) is 2. The number of anilines is 2. The second kappa shape index (κ2) is 7.52. The van der Waals surface area contributed by atoms with E-state index in [9.17, 15) is 9.18 Å². The van der Waals surface area contributed by atoms with Gasteiger partial charge in [0.25, 0.3) is 11.9 Å². The predicted molar refractivity (Wildman–Crippen MR) is 107 cm³/mol. The molecule has 0 bridgehead atoms. The quantitative estimate of drug-likeness (QED) is 0.491. The van der Waals surface area contributed by atoms with Gasteiger partial charge in [-0.25, -0.2) is 4.39 Å². The van der Waals surface area contributed by atoms with Gasteiger partial charge >= 0.3 is 0 Å². The van der Waals surface area contributed by atoms with Gasteiger partial charge in [0.15, 0.2) is 5.58 Å². The molecule has 0 spiro atoms. The van der Waals surface area contributed by atoms with Crippen molar-refractivity contribution >= 4 is 28.7 Å². The second-order valence-corrected chi connectivity index (χ2v) is 6.44. The van der Waals surface area contributed by atoms with Crippen LogP contribution in [0.3, 0.4) is 0 Å². The minimum Gasteiger partial charge on any atom is -0.424 e. The highest BCUT2D eigenvalue weighted by Crippen LogP contribution is 2.24. The number of para-hydroxylation sites is 2. The molecular weight excluding hydrogens is 357 g/mol. The lowest BCUT2D eigenvalue weighted by atomic mass is 10.1. The number of carbonyl (C=O) groups is 1. The number of hydrogen-bond donors (Lipinski definition) is 2. The molecule has 5 nitrogen and oxygen atoms in total. The Bertz CT molecular complexity index is 1070. The second-order valence-electron chi connectivity index (χ2n) is 6.44. The summed E-state index contributed by atoms with van der Waals surface area (Å²) in [5, 5.41) is 6.04. The Morgan fingerprint density at radius 1 is 1.00 bits per heavy atom. The van der Waals surface area contributed by atoms with Gasteiger partial charge in [-0.3, -0.25) is 4.79 Å². The Hall–Kier alpha value is -3.67. The summed E-state index contributed by atoms with van der Waals surface area (Å²) in [4.78, 5) is 16.6. The molecular formula is C22H18FN3O2. The molecule has 4 rings (SSSR count). The number of halogens is 1. The van der Waals surface area contributed by atoms with E-state index >= 15 is 0 Å². The van der Waals surface area contributed by atoms with Gasteiger partial charge in [-0.1, -0.05) is 24.3 Å². The maximum absolute atomic E-state index is 13.0. The van der Waals surface area contributed by atoms with Crippen molar-refractivity contribution in [2.24, 2.45) is 0 Å². The summed E-state index contributed by atoms with van der Waals surface area (Å²) in [6, 6.07) is 20.9. The molecule has 1 atom stereocenters. The van der Waals surface area contributed by atoms with Crippen LogP contribution >= 0.6 is 0 Å². The molecule has 0 saturated carbocycles. The monoisotopic (exact) mass is 375 g/mol. The zero-order chi connectivity index (χ0) is 19.5. The fourth-order valence-electron chi connectivity index (χ4n) is 2.86. The van der Waals surface area contributed by atoms with Crippen LogP contribution < -0.4 is 10.6 Å². The number of fused-ring (bicyclic) bond motifs is 1. The van der Waals surface area contributed by atoms with Crippen molar-refractivity contribution in [3.63, 3.8) is 0 Å². The van der Waals surface area contributed by atoms with Gasteiger partial charge in [0.2, 0.25) is 0 Å². The first kappa shape index (κ1) is 17.7. The summed E-state index contributed by atoms with van der Waals surface area (Å²) in [7, 11) is 0. The first-order valence-corrected chi connectivity index (χ1v) is 8.87. The third-order valence-corrected chi connectivity index (χ3v) is 4.41. The van der Waals surface area contributed by atoms with Crippen LogP contribution in [0.15, 0.2) is 77.2 Å². The lowest BCUT2D eigenvalue weighted by Crippen LogP contribution is -2.12. The van der Waals surface area contributed by atoms with E-state index in [1.807, 2.05) is 55.5 Å². The van der Waals surface area contributed by atoms with Crippen LogP contribution in [0.2, 0.25) is 0 Å². The fraction of sp³-hybridized carbons (Fsp3) is 0.0909. The summed E-state index contributed by atoms with van der Waals surface area (Å²) in [5.41, 5.74) is 3.61. The van der Waals surface area contributed by atoms with Crippen molar-refractivity contribution in [3.05, 3.63) is 89.7 Å². The summed E-state index contributed by atoms with van der Waals surface area (Å²) < 4.78 is 18.7. The summed E-state index contributed by atoms with van der Waals surface area (Å²) in [5.74, 6) is -0.660. The largest absolute Gasteiger partial charge is 0.424 e. The van der Waals surface area contributed by atoms with Crippen molar-refractivity contribution in [2.75, 3.05) is 10.6 Å². The van der Waals surface area contributed by atoms with Gasteiger partial charge in [-0.05, 0) is 61.0 Å². The molecule has 2 N–H and O–H groups in total. The highest BCUT2D eigenvalue weighted by atomic mass is 19.1. The third-order valence-electron chi connectivity index (χ3n) is 4.41. The fourth-order valence-corrected chi connectivity index (χ4v) is 2.86. The average Bonchev–Trinajstić information content (AvgIpc) is 3.11. The Balaban J connectivity index is 1.41. The predicted octanol–water partition coefficient (Wildman–Crippen LogP) is 5.39. The van der Waals surface area contributed by atoms with E-state index in [1.54, 1.807) is 0 Å². The summed E-state index contributed by atoms with van der Waals surface area (Å²) in [6.45, 7) is 2.00. The number of carbonyl (C=O) groups excluding carboxylic acids is 1. The van der Waals surface area contributed by atoms with Crippen LogP contribution in [0, 0.1) is 5.82 Å². The van der Waals surface area contributed by atoms with E-state index in [4.69, 9.17) is 4.42 Å². The molecule has 0 aliphatic carbocycles. The van der Waals surface area contributed by atoms with Crippen LogP contribution in [0.4, 0.5) is 16.1 Å². The first-order chi connectivity index (χ1) is 13.6. The molecule has 1 amide bonds. The number of amides is 1. The molecule has 0 fully saturated rings. The van der Waals surface area contributed by atoms with Gasteiger partial charge in [0.1, 0.15) is 11.3 Å². The van der Waals surface area contributed by atoms with Gasteiger partial charge in [-0.2, -0.15) is 4.98 Å². The van der Waals surface area contributed by atoms with Gasteiger partial charge in [0.05, 0.1) is 6.04 Å². The van der Waals surface area contributed by atoms with Crippen LogP contribution in [-0.4, -0.2) is 10.9 Å². The Morgan fingerprint density at radius 3 is 2.43 bits per heavy atom. The lowest BCUT2D eigenvalue weighted by molar-refractivity contribution is 0.102. The lowest BCUT2D eigenvalue weighted by Gasteiger charge is -2.13. The van der Waals surface area contributed by atoms with Crippen LogP contribution in [0.5, 0.6) is 0 Å². The van der Waals surface area contributed by atoms with Crippen molar-refractivity contribution in [2.45, 2.75) is 13.0 Å². The van der Waals surface area contributed by atoms with E-state index in [0.29, 0.717) is 17.3 Å². The Kier molecular flexibility index (Phi) is 4.76. The van der Waals surface area contributed by atoms with E-state index in [2.05, 4.69) is 15.6 Å². The van der Waals surface area contributed by atoms with Gasteiger partial charge in [0, 0.05) is 11.3 Å². The average molecular weight is 375 g/mol. The van der Waals surface area contributed by atoms with Crippen molar-refractivity contribution in [3.8, 4) is 0 Å². The van der Waals surface area contributed by atoms with E-state index in [-0.39, 0.29) is 17.8 Å². The maximum Gasteiger partial charge on any atom is 0.296 e. The standard InChI is InChI=1S/C22H18FN3O2/c1-14(24-22-26-19-4-2-3-5-20(19)28-22)15-8-12-18(13-9-15)25-21(27)16-6-10-17(23)11-7-16/h2-14H,1H3,(H,24,26)(H,25,27). The zero-order valence-corrected chi connectivity index (χ0v) is 15.1. The smallest absolute Gasteiger partial charge is 0.296 e. The Morgan fingerprint density at radius 2 is 1.71 bits per heavy atom. The van der Waals surface area contributed by atoms with Gasteiger partial charge < -0.3 is 15.1 Å². The maximum atomic E-state index is 13.0. The highest BCUT2D eigenvalue weighted by molar-refractivity contribution is 6.04. The minimum atomic E-state index is -0.374. The third kappa shape index (κ3) is 3.86. The number of hydrogen-bond acceptors (Lipinski definition) is 4. The normalized spacial score (nSPS) is 11.9. The van der Waals surface area contributed by atoms with Crippen LogP contribution in [0.1, 0.15) is 28.9 Å². The number of aromatic nitrogens is 1. The van der Waals surface area contributed by atoms with E-state index in [1.165, 1.54) is 24.3 Å². The van der Waals surface area contributed by atoms with Crippen molar-refractivity contribution in [1.82, 2.24) is 4.98 Å². The molecule has 3 aromatic carbocycles. The van der Waals surface area contributed by atoms with E-state index < -0.39 is 0 Å². The van der Waals surface area contributed by atoms with Crippen LogP contribution in [-0.2, 0) is 0 Å². The zero-order valence-electron chi connectivity index (χ0n) is 15.1. The summed E-state index contributed by atoms with van der Waals surface area (Å²) in [6.07, 6.45) is 0. The molecule has 4 aromatic rings. The molecule has 0 aliphatic heterocycles. The molecule has 0 radical (unpaired) electrons. The minimum absolute atomic E-state index is 0.0325. The SMILES string of the molecule is CC(Nc1nc2ccccc2o1)c1ccc(NC(=O)c2ccc(F)cc2)cc1. The molecule has 1 heterocycles. The number of nitrogens with zero attached hydrogens (tertiary/aromatic N) is 1. The summed E-state index contributed by atoms with van der Waals surface area (Å²) >= 11 is 0. The number of oxazole rings is 1. The molecule has 0 aliphatic rings. The van der Waals surface area contributed by atoms with E-state index in [0.717, 1.165) is 16.7 Å². The molecule has 0 saturated heterocycles. The highest BCUT2D eigenvalue weighted by Gasteiger charge is 2.11. The molecule has 140 valence electrons. The molecule has 1 aromatic heterocycles. The first-order valence-electron chi connectivity index (χ1n) is 8.87. The van der Waals surface area contributed by atoms with Crippen molar-refractivity contribution < 1.29 is 13.6 Å². The van der Waals surface area contributed by atoms with Crippen LogP contribution in [0.25, 0.3) is 11.1 Å². The van der Waals surface area contributed by atoms with Crippen molar-refractivity contribution in [1.29, 1.82) is 0 Å². The number of benzene rings is 3. The number of rotatable bonds is 5. The molecule has 1 unspecified atom stereocenters. The van der Waals surface area contributed by atoms with Gasteiger partial charge in [-0.15, -0.1) is 0 Å². The molecule has 28 heavy (non-hydrogen) atoms.